The predicted molar refractivity (Wildman–Crippen MR) is 141 cm³/mol. The van der Waals surface area contributed by atoms with E-state index >= 15 is 0 Å². The Kier molecular flexibility index (Phi) is 9.69. The minimum absolute atomic E-state index is 0.0150. The fourth-order valence-corrected chi connectivity index (χ4v) is 4.09. The van der Waals surface area contributed by atoms with Crippen LogP contribution in [-0.4, -0.2) is 39.8 Å². The Labute approximate surface area is 211 Å². The van der Waals surface area contributed by atoms with Crippen molar-refractivity contribution in [1.82, 2.24) is 0 Å². The summed E-state index contributed by atoms with van der Waals surface area (Å²) < 4.78 is 22.6. The Hall–Kier alpha value is -2.64. The van der Waals surface area contributed by atoms with E-state index in [9.17, 15) is 9.59 Å². The molecule has 2 aromatic rings. The first kappa shape index (κ1) is 28.6. The number of carbonyl (C=O) groups excluding carboxylic acids is 2. The van der Waals surface area contributed by atoms with Gasteiger partial charge in [-0.15, -0.1) is 0 Å². The van der Waals surface area contributed by atoms with E-state index in [2.05, 4.69) is 46.0 Å². The van der Waals surface area contributed by atoms with Crippen LogP contribution in [0.2, 0.25) is 13.1 Å². The van der Waals surface area contributed by atoms with E-state index in [1.807, 2.05) is 26.8 Å². The van der Waals surface area contributed by atoms with Gasteiger partial charge in [-0.2, -0.15) is 0 Å². The van der Waals surface area contributed by atoms with Crippen LogP contribution in [0.15, 0.2) is 42.5 Å². The minimum Gasteiger partial charge on any atom is -0.547 e. The van der Waals surface area contributed by atoms with Crippen LogP contribution >= 0.6 is 0 Å². The van der Waals surface area contributed by atoms with Gasteiger partial charge in [-0.1, -0.05) is 45.0 Å². The fourth-order valence-electron chi connectivity index (χ4n) is 3.37. The summed E-state index contributed by atoms with van der Waals surface area (Å²) >= 11 is 0. The highest BCUT2D eigenvalue weighted by molar-refractivity contribution is 6.49. The zero-order chi connectivity index (χ0) is 26.4. The Morgan fingerprint density at radius 3 is 2.09 bits per heavy atom. The third kappa shape index (κ3) is 9.15. The van der Waals surface area contributed by atoms with Crippen LogP contribution < -0.4 is 4.43 Å². The number of methoxy groups -OCH3 is 1. The molecule has 0 aliphatic carbocycles. The molecule has 0 heterocycles. The fraction of sp³-hybridized carbons (Fsp3) is 0.500. The molecule has 35 heavy (non-hydrogen) atoms. The molecule has 1 unspecified atom stereocenters. The van der Waals surface area contributed by atoms with Crippen LogP contribution in [0.4, 0.5) is 0 Å². The van der Waals surface area contributed by atoms with E-state index < -0.39 is 26.7 Å². The molecular formula is C28H40O6Si. The van der Waals surface area contributed by atoms with E-state index in [0.717, 1.165) is 16.9 Å². The summed E-state index contributed by atoms with van der Waals surface area (Å²) in [7, 11) is -0.00759. The van der Waals surface area contributed by atoms with Crippen LogP contribution in [-0.2, 0) is 37.4 Å². The van der Waals surface area contributed by atoms with Crippen molar-refractivity contribution >= 4 is 21.0 Å². The Morgan fingerprint density at radius 1 is 0.943 bits per heavy atom. The van der Waals surface area contributed by atoms with Crippen LogP contribution in [0.25, 0.3) is 0 Å². The molecule has 0 N–H and O–H groups in total. The van der Waals surface area contributed by atoms with Gasteiger partial charge in [0.15, 0.2) is 6.10 Å². The lowest BCUT2D eigenvalue weighted by Gasteiger charge is -2.24. The summed E-state index contributed by atoms with van der Waals surface area (Å²) in [5.41, 5.74) is 2.81. The quantitative estimate of drug-likeness (QED) is 0.330. The van der Waals surface area contributed by atoms with Crippen LogP contribution in [0.3, 0.4) is 0 Å². The second-order valence-corrected chi connectivity index (χ2v) is 13.3. The van der Waals surface area contributed by atoms with Gasteiger partial charge in [0.2, 0.25) is 9.04 Å². The lowest BCUT2D eigenvalue weighted by atomic mass is 9.86. The molecule has 0 amide bonds. The van der Waals surface area contributed by atoms with Gasteiger partial charge in [0.1, 0.15) is 11.4 Å². The average Bonchev–Trinajstić information content (AvgIpc) is 2.75. The topological polar surface area (TPSA) is 71.1 Å². The molecule has 0 aliphatic heterocycles. The van der Waals surface area contributed by atoms with Crippen LogP contribution in [0, 0.1) is 0 Å². The molecule has 2 rings (SSSR count). The largest absolute Gasteiger partial charge is 0.547 e. The molecule has 0 aromatic heterocycles. The van der Waals surface area contributed by atoms with E-state index in [1.54, 1.807) is 24.3 Å². The number of esters is 2. The molecule has 1 atom stereocenters. The van der Waals surface area contributed by atoms with Gasteiger partial charge in [0.05, 0.1) is 19.3 Å². The monoisotopic (exact) mass is 500 g/mol. The SMILES string of the molecule is COC(=O)C(Cc1ccc(C(C)(C)C)cc1O[SiH](C)C)OCc1ccc(C(=O)OC(C)(C)C)cc1. The summed E-state index contributed by atoms with van der Waals surface area (Å²) in [6, 6.07) is 13.2. The van der Waals surface area contributed by atoms with Gasteiger partial charge in [0.25, 0.3) is 0 Å². The van der Waals surface area contributed by atoms with Crippen molar-refractivity contribution in [2.24, 2.45) is 0 Å². The van der Waals surface area contributed by atoms with E-state index in [1.165, 1.54) is 12.7 Å². The van der Waals surface area contributed by atoms with E-state index in [4.69, 9.17) is 18.6 Å². The molecule has 0 aliphatic rings. The van der Waals surface area contributed by atoms with Gasteiger partial charge in [-0.25, -0.2) is 9.59 Å². The number of benzene rings is 2. The van der Waals surface area contributed by atoms with Gasteiger partial charge < -0.3 is 18.6 Å². The van der Waals surface area contributed by atoms with Crippen molar-refractivity contribution < 1.29 is 28.2 Å². The smallest absolute Gasteiger partial charge is 0.338 e. The van der Waals surface area contributed by atoms with Gasteiger partial charge in [0, 0.05) is 6.42 Å². The maximum Gasteiger partial charge on any atom is 0.338 e. The Morgan fingerprint density at radius 2 is 1.57 bits per heavy atom. The molecular weight excluding hydrogens is 460 g/mol. The molecule has 0 saturated heterocycles. The first-order valence-corrected chi connectivity index (χ1v) is 14.8. The van der Waals surface area contributed by atoms with Gasteiger partial charge >= 0.3 is 11.9 Å². The third-order valence-electron chi connectivity index (χ3n) is 5.20. The van der Waals surface area contributed by atoms with Crippen molar-refractivity contribution in [3.63, 3.8) is 0 Å². The van der Waals surface area contributed by atoms with Crippen LogP contribution in [0.5, 0.6) is 5.75 Å². The zero-order valence-electron chi connectivity index (χ0n) is 22.6. The Balaban J connectivity index is 2.17. The predicted octanol–water partition coefficient (Wildman–Crippen LogP) is 5.60. The van der Waals surface area contributed by atoms with Crippen LogP contribution in [0.1, 0.15) is 68.6 Å². The van der Waals surface area contributed by atoms with Gasteiger partial charge in [-0.05, 0) is 74.2 Å². The maximum atomic E-state index is 12.5. The third-order valence-corrected chi connectivity index (χ3v) is 5.93. The molecule has 6 nitrogen and oxygen atoms in total. The summed E-state index contributed by atoms with van der Waals surface area (Å²) in [5, 5.41) is 0. The highest BCUT2D eigenvalue weighted by Crippen LogP contribution is 2.30. The van der Waals surface area contributed by atoms with Crippen molar-refractivity contribution in [2.75, 3.05) is 7.11 Å². The summed E-state index contributed by atoms with van der Waals surface area (Å²) in [5.74, 6) is -0.0151. The maximum absolute atomic E-state index is 12.5. The molecule has 2 aromatic carbocycles. The van der Waals surface area contributed by atoms with Crippen molar-refractivity contribution in [3.8, 4) is 5.75 Å². The first-order chi connectivity index (χ1) is 16.2. The molecule has 0 saturated carbocycles. The Bertz CT molecular complexity index is 1000. The van der Waals surface area contributed by atoms with Crippen molar-refractivity contribution in [1.29, 1.82) is 0 Å². The lowest BCUT2D eigenvalue weighted by Crippen LogP contribution is -2.28. The number of hydrogen-bond donors (Lipinski definition) is 0. The molecule has 0 bridgehead atoms. The second kappa shape index (κ2) is 11.9. The van der Waals surface area contributed by atoms with E-state index in [-0.39, 0.29) is 18.0 Å². The second-order valence-electron chi connectivity index (χ2n) is 11.0. The molecule has 0 radical (unpaired) electrons. The average molecular weight is 501 g/mol. The summed E-state index contributed by atoms with van der Waals surface area (Å²) in [6.07, 6.45) is -0.453. The van der Waals surface area contributed by atoms with Crippen molar-refractivity contribution in [3.05, 3.63) is 64.7 Å². The molecule has 192 valence electrons. The molecule has 0 fully saturated rings. The highest BCUT2D eigenvalue weighted by Gasteiger charge is 2.24. The zero-order valence-corrected chi connectivity index (χ0v) is 23.7. The first-order valence-electron chi connectivity index (χ1n) is 12.0. The summed E-state index contributed by atoms with van der Waals surface area (Å²) in [4.78, 5) is 24.8. The molecule has 0 spiro atoms. The van der Waals surface area contributed by atoms with E-state index in [0.29, 0.717) is 12.0 Å². The number of ether oxygens (including phenoxy) is 3. The van der Waals surface area contributed by atoms with Crippen molar-refractivity contribution in [2.45, 2.75) is 84.8 Å². The van der Waals surface area contributed by atoms with Gasteiger partial charge in [-0.3, -0.25) is 0 Å². The standard InChI is InChI=1S/C28H40O6Si/c1-27(2,3)22-15-14-21(23(17-22)34-35(8)9)16-24(26(30)31-7)32-18-19-10-12-20(13-11-19)25(29)33-28(4,5)6/h10-15,17,24,35H,16,18H2,1-9H3. The highest BCUT2D eigenvalue weighted by atomic mass is 28.3. The number of hydrogen-bond acceptors (Lipinski definition) is 6. The lowest BCUT2D eigenvalue weighted by molar-refractivity contribution is -0.154. The minimum atomic E-state index is -1.36. The number of carbonyl (C=O) groups is 2. The molecule has 7 heteroatoms. The normalized spacial score (nSPS) is 12.9. The summed E-state index contributed by atoms with van der Waals surface area (Å²) in [6.45, 7) is 16.4. The number of rotatable bonds is 9.